The lowest BCUT2D eigenvalue weighted by Gasteiger charge is -2.09. The summed E-state index contributed by atoms with van der Waals surface area (Å²) in [5.41, 5.74) is 0.457. The van der Waals surface area contributed by atoms with Crippen molar-refractivity contribution in [2.75, 3.05) is 33.0 Å². The number of amides is 1. The molecular formula is C16H21NO5. The Morgan fingerprint density at radius 1 is 1.36 bits per heavy atom. The van der Waals surface area contributed by atoms with Crippen LogP contribution in [0.15, 0.2) is 24.3 Å². The Kier molecular flexibility index (Phi) is 6.36. The molecule has 1 heterocycles. The van der Waals surface area contributed by atoms with Crippen molar-refractivity contribution in [3.63, 3.8) is 0 Å². The van der Waals surface area contributed by atoms with Gasteiger partial charge in [-0.1, -0.05) is 6.07 Å². The highest BCUT2D eigenvalue weighted by Gasteiger charge is 2.15. The molecule has 0 bridgehead atoms. The lowest BCUT2D eigenvalue weighted by molar-refractivity contribution is 0.0697. The van der Waals surface area contributed by atoms with Crippen molar-refractivity contribution >= 4 is 11.9 Å². The number of aromatic carboxylic acids is 1. The first-order chi connectivity index (χ1) is 10.7. The van der Waals surface area contributed by atoms with Crippen LogP contribution in [-0.4, -0.2) is 50.0 Å². The molecule has 6 heteroatoms. The number of rotatable bonds is 8. The van der Waals surface area contributed by atoms with E-state index in [0.29, 0.717) is 31.2 Å². The van der Waals surface area contributed by atoms with Gasteiger partial charge in [-0.05, 0) is 31.0 Å². The number of carboxylic acids is 1. The number of ether oxygens (including phenoxy) is 2. The van der Waals surface area contributed by atoms with E-state index in [2.05, 4.69) is 5.32 Å². The molecule has 1 aliphatic heterocycles. The van der Waals surface area contributed by atoms with Crippen LogP contribution in [0, 0.1) is 5.92 Å². The summed E-state index contributed by atoms with van der Waals surface area (Å²) in [5.74, 6) is -0.820. The normalized spacial score (nSPS) is 17.4. The van der Waals surface area contributed by atoms with E-state index in [1.165, 1.54) is 12.1 Å². The lowest BCUT2D eigenvalue weighted by atomic mass is 10.1. The second-order valence-electron chi connectivity index (χ2n) is 5.30. The summed E-state index contributed by atoms with van der Waals surface area (Å²) in [6.45, 7) is 3.38. The monoisotopic (exact) mass is 307 g/mol. The molecule has 0 radical (unpaired) electrons. The standard InChI is InChI=1S/C16H21NO5/c18-15(13-3-1-4-14(9-13)16(19)20)17-6-2-7-21-10-12-5-8-22-11-12/h1,3-4,9,12H,2,5-8,10-11H2,(H,17,18)(H,19,20). The second kappa shape index (κ2) is 8.51. The SMILES string of the molecule is O=C(O)c1cccc(C(=O)NCCCOCC2CCOC2)c1. The van der Waals surface area contributed by atoms with Crippen LogP contribution in [0.2, 0.25) is 0 Å². The third-order valence-corrected chi connectivity index (χ3v) is 3.50. The molecule has 1 amide bonds. The zero-order valence-electron chi connectivity index (χ0n) is 12.4. The molecule has 2 rings (SSSR count). The van der Waals surface area contributed by atoms with Gasteiger partial charge in [0.25, 0.3) is 5.91 Å². The predicted octanol–water partition coefficient (Wildman–Crippen LogP) is 1.56. The average molecular weight is 307 g/mol. The summed E-state index contributed by atoms with van der Waals surface area (Å²) in [6, 6.07) is 5.98. The van der Waals surface area contributed by atoms with Gasteiger partial charge in [-0.2, -0.15) is 0 Å². The Balaban J connectivity index is 1.63. The number of nitrogens with one attached hydrogen (secondary N) is 1. The van der Waals surface area contributed by atoms with E-state index in [1.807, 2.05) is 0 Å². The predicted molar refractivity (Wildman–Crippen MR) is 80.1 cm³/mol. The first-order valence-electron chi connectivity index (χ1n) is 7.44. The number of hydrogen-bond acceptors (Lipinski definition) is 4. The van der Waals surface area contributed by atoms with Crippen molar-refractivity contribution in [3.8, 4) is 0 Å². The van der Waals surface area contributed by atoms with Gasteiger partial charge in [0.2, 0.25) is 0 Å². The molecule has 2 N–H and O–H groups in total. The van der Waals surface area contributed by atoms with E-state index >= 15 is 0 Å². The molecule has 0 spiro atoms. The quantitative estimate of drug-likeness (QED) is 0.712. The number of carbonyl (C=O) groups excluding carboxylic acids is 1. The third kappa shape index (κ3) is 5.13. The minimum atomic E-state index is -1.04. The minimum absolute atomic E-state index is 0.106. The van der Waals surface area contributed by atoms with Crippen LogP contribution < -0.4 is 5.32 Å². The molecule has 1 fully saturated rings. The van der Waals surface area contributed by atoms with E-state index in [9.17, 15) is 9.59 Å². The van der Waals surface area contributed by atoms with E-state index in [4.69, 9.17) is 14.6 Å². The average Bonchev–Trinajstić information content (AvgIpc) is 3.04. The van der Waals surface area contributed by atoms with Crippen LogP contribution in [0.25, 0.3) is 0 Å². The molecule has 1 atom stereocenters. The first-order valence-corrected chi connectivity index (χ1v) is 7.44. The summed E-state index contributed by atoms with van der Waals surface area (Å²) in [4.78, 5) is 22.8. The van der Waals surface area contributed by atoms with Crippen molar-refractivity contribution < 1.29 is 24.2 Å². The second-order valence-corrected chi connectivity index (χ2v) is 5.30. The largest absolute Gasteiger partial charge is 0.478 e. The molecule has 0 aromatic heterocycles. The number of hydrogen-bond donors (Lipinski definition) is 2. The van der Waals surface area contributed by atoms with Gasteiger partial charge in [-0.15, -0.1) is 0 Å². The van der Waals surface area contributed by atoms with Gasteiger partial charge < -0.3 is 19.9 Å². The highest BCUT2D eigenvalue weighted by molar-refractivity contribution is 5.97. The molecular weight excluding hydrogens is 286 g/mol. The fourth-order valence-electron chi connectivity index (χ4n) is 2.24. The molecule has 1 aromatic rings. The highest BCUT2D eigenvalue weighted by Crippen LogP contribution is 2.12. The van der Waals surface area contributed by atoms with Crippen molar-refractivity contribution in [1.82, 2.24) is 5.32 Å². The fourth-order valence-corrected chi connectivity index (χ4v) is 2.24. The summed E-state index contributed by atoms with van der Waals surface area (Å²) in [7, 11) is 0. The van der Waals surface area contributed by atoms with Crippen molar-refractivity contribution in [2.45, 2.75) is 12.8 Å². The van der Waals surface area contributed by atoms with Crippen molar-refractivity contribution in [1.29, 1.82) is 0 Å². The Labute approximate surface area is 129 Å². The molecule has 6 nitrogen and oxygen atoms in total. The van der Waals surface area contributed by atoms with Gasteiger partial charge in [0, 0.05) is 31.2 Å². The van der Waals surface area contributed by atoms with Crippen LogP contribution >= 0.6 is 0 Å². The zero-order valence-corrected chi connectivity index (χ0v) is 12.4. The van der Waals surface area contributed by atoms with Crippen LogP contribution in [-0.2, 0) is 9.47 Å². The molecule has 120 valence electrons. The smallest absolute Gasteiger partial charge is 0.335 e. The Morgan fingerprint density at radius 3 is 2.91 bits per heavy atom. The summed E-state index contributed by atoms with van der Waals surface area (Å²) in [6.07, 6.45) is 1.77. The number of benzene rings is 1. The van der Waals surface area contributed by atoms with Gasteiger partial charge >= 0.3 is 5.97 Å². The topological polar surface area (TPSA) is 84.9 Å². The lowest BCUT2D eigenvalue weighted by Crippen LogP contribution is -2.25. The third-order valence-electron chi connectivity index (χ3n) is 3.50. The van der Waals surface area contributed by atoms with Gasteiger partial charge in [-0.25, -0.2) is 4.79 Å². The maximum Gasteiger partial charge on any atom is 0.335 e. The van der Waals surface area contributed by atoms with Crippen molar-refractivity contribution in [2.24, 2.45) is 5.92 Å². The molecule has 0 aliphatic carbocycles. The zero-order chi connectivity index (χ0) is 15.8. The molecule has 22 heavy (non-hydrogen) atoms. The molecule has 0 saturated carbocycles. The maximum atomic E-state index is 11.9. The number of carboxylic acid groups (broad SMARTS) is 1. The Hall–Kier alpha value is -1.92. The number of carbonyl (C=O) groups is 2. The maximum absolute atomic E-state index is 11.9. The molecule has 1 aromatic carbocycles. The Bertz CT molecular complexity index is 511. The van der Waals surface area contributed by atoms with Crippen LogP contribution in [0.5, 0.6) is 0 Å². The van der Waals surface area contributed by atoms with E-state index < -0.39 is 5.97 Å². The molecule has 1 saturated heterocycles. The van der Waals surface area contributed by atoms with E-state index in [1.54, 1.807) is 12.1 Å². The van der Waals surface area contributed by atoms with E-state index in [0.717, 1.165) is 26.1 Å². The molecule has 1 unspecified atom stereocenters. The van der Waals surface area contributed by atoms with Crippen LogP contribution in [0.3, 0.4) is 0 Å². The summed E-state index contributed by atoms with van der Waals surface area (Å²) in [5, 5.41) is 11.7. The Morgan fingerprint density at radius 2 is 2.18 bits per heavy atom. The van der Waals surface area contributed by atoms with Crippen LogP contribution in [0.1, 0.15) is 33.6 Å². The summed E-state index contributed by atoms with van der Waals surface area (Å²) >= 11 is 0. The van der Waals surface area contributed by atoms with E-state index in [-0.39, 0.29) is 11.5 Å². The van der Waals surface area contributed by atoms with Crippen LogP contribution in [0.4, 0.5) is 0 Å². The molecule has 1 aliphatic rings. The fraction of sp³-hybridized carbons (Fsp3) is 0.500. The van der Waals surface area contributed by atoms with Gasteiger partial charge in [0.05, 0.1) is 18.8 Å². The minimum Gasteiger partial charge on any atom is -0.478 e. The summed E-state index contributed by atoms with van der Waals surface area (Å²) < 4.78 is 10.8. The van der Waals surface area contributed by atoms with Crippen molar-refractivity contribution in [3.05, 3.63) is 35.4 Å². The van der Waals surface area contributed by atoms with Gasteiger partial charge in [-0.3, -0.25) is 4.79 Å². The highest BCUT2D eigenvalue weighted by atomic mass is 16.5. The first kappa shape index (κ1) is 16.5. The van der Waals surface area contributed by atoms with Gasteiger partial charge in [0.15, 0.2) is 0 Å². The van der Waals surface area contributed by atoms with Gasteiger partial charge in [0.1, 0.15) is 0 Å².